The summed E-state index contributed by atoms with van der Waals surface area (Å²) in [7, 11) is 0. The van der Waals surface area contributed by atoms with Gasteiger partial charge in [0.15, 0.2) is 0 Å². The molecule has 1 aliphatic carbocycles. The van der Waals surface area contributed by atoms with E-state index >= 15 is 0 Å². The number of hydrogen-bond donors (Lipinski definition) is 2. The second-order valence-corrected chi connectivity index (χ2v) is 6.82. The molecule has 0 radical (unpaired) electrons. The standard InChI is InChI=1S/C18H24N2O2/c1-18(12-10-17(22)20-18)11-9-16(21)19-15-8-4-6-13-5-2-3-7-14(13)15/h2-3,5,7,15H,4,6,8-12H2,1H3,(H,19,21)(H,20,22)/t15-,18-/m1/s1. The molecule has 2 aliphatic rings. The zero-order chi connectivity index (χ0) is 15.6. The van der Waals surface area contributed by atoms with E-state index in [2.05, 4.69) is 28.8 Å². The number of amides is 2. The summed E-state index contributed by atoms with van der Waals surface area (Å²) in [5.74, 6) is 0.188. The highest BCUT2D eigenvalue weighted by Gasteiger charge is 2.33. The Morgan fingerprint density at radius 1 is 1.36 bits per heavy atom. The molecule has 1 heterocycles. The van der Waals surface area contributed by atoms with Crippen LogP contribution in [0.15, 0.2) is 24.3 Å². The average molecular weight is 300 g/mol. The van der Waals surface area contributed by atoms with Crippen LogP contribution in [0.1, 0.15) is 62.6 Å². The first-order valence-corrected chi connectivity index (χ1v) is 8.24. The van der Waals surface area contributed by atoms with E-state index in [-0.39, 0.29) is 23.4 Å². The molecule has 4 nitrogen and oxygen atoms in total. The Morgan fingerprint density at radius 2 is 2.18 bits per heavy atom. The van der Waals surface area contributed by atoms with Crippen LogP contribution in [0.25, 0.3) is 0 Å². The van der Waals surface area contributed by atoms with Gasteiger partial charge in [-0.25, -0.2) is 0 Å². The van der Waals surface area contributed by atoms with Gasteiger partial charge in [-0.15, -0.1) is 0 Å². The number of carbonyl (C=O) groups is 2. The van der Waals surface area contributed by atoms with E-state index in [4.69, 9.17) is 0 Å². The Bertz CT molecular complexity index is 584. The SMILES string of the molecule is C[C@@]1(CCC(=O)N[C@@H]2CCCc3ccccc32)CCC(=O)N1. The van der Waals surface area contributed by atoms with Crippen LogP contribution in [0.5, 0.6) is 0 Å². The monoisotopic (exact) mass is 300 g/mol. The van der Waals surface area contributed by atoms with E-state index in [9.17, 15) is 9.59 Å². The van der Waals surface area contributed by atoms with Gasteiger partial charge in [0.2, 0.25) is 11.8 Å². The largest absolute Gasteiger partial charge is 0.351 e. The van der Waals surface area contributed by atoms with Crippen molar-refractivity contribution in [2.45, 2.75) is 63.5 Å². The second-order valence-electron chi connectivity index (χ2n) is 6.82. The van der Waals surface area contributed by atoms with Crippen molar-refractivity contribution >= 4 is 11.8 Å². The van der Waals surface area contributed by atoms with Crippen LogP contribution in [-0.4, -0.2) is 17.4 Å². The highest BCUT2D eigenvalue weighted by atomic mass is 16.2. The Morgan fingerprint density at radius 3 is 2.95 bits per heavy atom. The second kappa shape index (κ2) is 6.11. The molecule has 1 saturated heterocycles. The molecule has 22 heavy (non-hydrogen) atoms. The minimum atomic E-state index is -0.209. The molecule has 1 aromatic rings. The van der Waals surface area contributed by atoms with Crippen molar-refractivity contribution in [3.63, 3.8) is 0 Å². The maximum Gasteiger partial charge on any atom is 0.220 e. The molecule has 1 aromatic carbocycles. The minimum Gasteiger partial charge on any atom is -0.351 e. The lowest BCUT2D eigenvalue weighted by atomic mass is 9.87. The molecule has 1 fully saturated rings. The number of aryl methyl sites for hydroxylation is 1. The Balaban J connectivity index is 1.56. The van der Waals surface area contributed by atoms with E-state index in [1.165, 1.54) is 11.1 Å². The molecule has 2 amide bonds. The van der Waals surface area contributed by atoms with E-state index in [0.29, 0.717) is 19.3 Å². The van der Waals surface area contributed by atoms with Gasteiger partial charge in [0.25, 0.3) is 0 Å². The zero-order valence-electron chi connectivity index (χ0n) is 13.2. The van der Waals surface area contributed by atoms with Crippen molar-refractivity contribution in [3.8, 4) is 0 Å². The number of rotatable bonds is 4. The molecular weight excluding hydrogens is 276 g/mol. The molecule has 0 bridgehead atoms. The third kappa shape index (κ3) is 3.32. The lowest BCUT2D eigenvalue weighted by Gasteiger charge is -2.27. The van der Waals surface area contributed by atoms with Crippen molar-refractivity contribution in [3.05, 3.63) is 35.4 Å². The summed E-state index contributed by atoms with van der Waals surface area (Å²) in [6, 6.07) is 8.52. The summed E-state index contributed by atoms with van der Waals surface area (Å²) in [6.45, 7) is 2.03. The quantitative estimate of drug-likeness (QED) is 0.898. The van der Waals surface area contributed by atoms with Crippen LogP contribution < -0.4 is 10.6 Å². The van der Waals surface area contributed by atoms with Gasteiger partial charge in [-0.2, -0.15) is 0 Å². The lowest BCUT2D eigenvalue weighted by molar-refractivity contribution is -0.123. The topological polar surface area (TPSA) is 58.2 Å². The normalized spacial score (nSPS) is 27.1. The Hall–Kier alpha value is -1.84. The summed E-state index contributed by atoms with van der Waals surface area (Å²) < 4.78 is 0. The van der Waals surface area contributed by atoms with Crippen molar-refractivity contribution < 1.29 is 9.59 Å². The summed E-state index contributed by atoms with van der Waals surface area (Å²) in [6.07, 6.45) is 5.81. The van der Waals surface area contributed by atoms with E-state index < -0.39 is 0 Å². The van der Waals surface area contributed by atoms with Gasteiger partial charge in [0.1, 0.15) is 0 Å². The molecule has 2 N–H and O–H groups in total. The van der Waals surface area contributed by atoms with Crippen molar-refractivity contribution in [2.75, 3.05) is 0 Å². The molecular formula is C18H24N2O2. The van der Waals surface area contributed by atoms with Crippen molar-refractivity contribution in [2.24, 2.45) is 0 Å². The molecule has 4 heteroatoms. The van der Waals surface area contributed by atoms with Crippen LogP contribution in [-0.2, 0) is 16.0 Å². The van der Waals surface area contributed by atoms with Gasteiger partial charge in [-0.1, -0.05) is 24.3 Å². The van der Waals surface area contributed by atoms with Crippen LogP contribution in [0.3, 0.4) is 0 Å². The molecule has 3 rings (SSSR count). The lowest BCUT2D eigenvalue weighted by Crippen LogP contribution is -2.40. The van der Waals surface area contributed by atoms with E-state index in [1.54, 1.807) is 0 Å². The molecule has 2 atom stereocenters. The highest BCUT2D eigenvalue weighted by molar-refractivity contribution is 5.80. The van der Waals surface area contributed by atoms with Gasteiger partial charge < -0.3 is 10.6 Å². The molecule has 0 unspecified atom stereocenters. The number of benzene rings is 1. The Kier molecular flexibility index (Phi) is 4.19. The third-order valence-corrected chi connectivity index (χ3v) is 4.95. The van der Waals surface area contributed by atoms with Crippen molar-refractivity contribution in [1.29, 1.82) is 0 Å². The highest BCUT2D eigenvalue weighted by Crippen LogP contribution is 2.30. The molecule has 1 aliphatic heterocycles. The first-order valence-electron chi connectivity index (χ1n) is 8.24. The predicted octanol–water partition coefficient (Wildman–Crippen LogP) is 2.63. The summed E-state index contributed by atoms with van der Waals surface area (Å²) >= 11 is 0. The smallest absolute Gasteiger partial charge is 0.220 e. The van der Waals surface area contributed by atoms with Gasteiger partial charge in [0, 0.05) is 18.4 Å². The number of hydrogen-bond acceptors (Lipinski definition) is 2. The number of nitrogens with one attached hydrogen (secondary N) is 2. The van der Waals surface area contributed by atoms with Crippen LogP contribution in [0, 0.1) is 0 Å². The fourth-order valence-corrected chi connectivity index (χ4v) is 3.60. The maximum atomic E-state index is 12.3. The number of carbonyl (C=O) groups excluding carboxylic acids is 2. The minimum absolute atomic E-state index is 0.0871. The molecule has 0 aromatic heterocycles. The maximum absolute atomic E-state index is 12.3. The average Bonchev–Trinajstić information content (AvgIpc) is 2.86. The van der Waals surface area contributed by atoms with E-state index in [0.717, 1.165) is 25.7 Å². The van der Waals surface area contributed by atoms with Crippen LogP contribution in [0.2, 0.25) is 0 Å². The Labute approximate surface area is 131 Å². The van der Waals surface area contributed by atoms with Crippen LogP contribution >= 0.6 is 0 Å². The first-order chi connectivity index (χ1) is 10.6. The van der Waals surface area contributed by atoms with Gasteiger partial charge in [-0.05, 0) is 50.2 Å². The van der Waals surface area contributed by atoms with Gasteiger partial charge in [-0.3, -0.25) is 9.59 Å². The van der Waals surface area contributed by atoms with E-state index in [1.807, 2.05) is 13.0 Å². The summed E-state index contributed by atoms with van der Waals surface area (Å²) in [5.41, 5.74) is 2.41. The van der Waals surface area contributed by atoms with Crippen LogP contribution in [0.4, 0.5) is 0 Å². The summed E-state index contributed by atoms with van der Waals surface area (Å²) in [4.78, 5) is 23.6. The first kappa shape index (κ1) is 15.1. The number of fused-ring (bicyclic) bond motifs is 1. The van der Waals surface area contributed by atoms with Gasteiger partial charge >= 0.3 is 0 Å². The molecule has 118 valence electrons. The molecule has 0 saturated carbocycles. The molecule has 0 spiro atoms. The zero-order valence-corrected chi connectivity index (χ0v) is 13.2. The fourth-order valence-electron chi connectivity index (χ4n) is 3.60. The predicted molar refractivity (Wildman–Crippen MR) is 85.3 cm³/mol. The summed E-state index contributed by atoms with van der Waals surface area (Å²) in [5, 5.41) is 6.16. The van der Waals surface area contributed by atoms with Crippen molar-refractivity contribution in [1.82, 2.24) is 10.6 Å². The third-order valence-electron chi connectivity index (χ3n) is 4.95. The van der Waals surface area contributed by atoms with Gasteiger partial charge in [0.05, 0.1) is 6.04 Å². The fraction of sp³-hybridized carbons (Fsp3) is 0.556.